The zero-order valence-electron chi connectivity index (χ0n) is 13.3. The Morgan fingerprint density at radius 2 is 2.22 bits per heavy atom. The Morgan fingerprint density at radius 1 is 1.43 bits per heavy atom. The lowest BCUT2D eigenvalue weighted by Crippen LogP contribution is -2.34. The summed E-state index contributed by atoms with van der Waals surface area (Å²) < 4.78 is 6.74. The number of allylic oxidation sites excluding steroid dienone is 2. The van der Waals surface area contributed by atoms with Gasteiger partial charge >= 0.3 is 5.69 Å². The predicted molar refractivity (Wildman–Crippen MR) is 85.3 cm³/mol. The monoisotopic (exact) mass is 324 g/mol. The number of rotatable bonds is 7. The van der Waals surface area contributed by atoms with Crippen LogP contribution in [0.2, 0.25) is 0 Å². The highest BCUT2D eigenvalue weighted by Gasteiger charge is 2.35. The molecule has 1 aromatic heterocycles. The Morgan fingerprint density at radius 3 is 2.87 bits per heavy atom. The number of hydrogen-bond acceptors (Lipinski definition) is 5. The van der Waals surface area contributed by atoms with Gasteiger partial charge in [0, 0.05) is 18.2 Å². The lowest BCUT2D eigenvalue weighted by molar-refractivity contribution is -0.0459. The van der Waals surface area contributed by atoms with Crippen LogP contribution in [0, 0.1) is 0 Å². The first kappa shape index (κ1) is 17.7. The molecule has 7 heteroatoms. The lowest BCUT2D eigenvalue weighted by atomic mass is 10.2. The van der Waals surface area contributed by atoms with E-state index >= 15 is 0 Å². The van der Waals surface area contributed by atoms with E-state index in [2.05, 4.69) is 11.9 Å². The maximum atomic E-state index is 12.0. The molecule has 0 saturated carbocycles. The molecular formula is C16H24N2O5. The molecule has 2 rings (SSSR count). The first-order valence-electron chi connectivity index (χ1n) is 8.00. The maximum Gasteiger partial charge on any atom is 0.330 e. The highest BCUT2D eigenvalue weighted by atomic mass is 16.5. The molecule has 0 amide bonds. The summed E-state index contributed by atoms with van der Waals surface area (Å²) in [5.41, 5.74) is -0.531. The molecule has 2 heterocycles. The van der Waals surface area contributed by atoms with Crippen molar-refractivity contribution in [1.82, 2.24) is 9.55 Å². The molecule has 0 bridgehead atoms. The number of hydrogen-bond donors (Lipinski definition) is 3. The smallest absolute Gasteiger partial charge is 0.330 e. The van der Waals surface area contributed by atoms with Gasteiger partial charge in [-0.05, 0) is 12.8 Å². The molecule has 0 spiro atoms. The zero-order valence-corrected chi connectivity index (χ0v) is 13.3. The molecule has 128 valence electrons. The van der Waals surface area contributed by atoms with Crippen LogP contribution in [0.3, 0.4) is 0 Å². The van der Waals surface area contributed by atoms with Crippen molar-refractivity contribution in [2.75, 3.05) is 6.61 Å². The molecule has 0 aromatic carbocycles. The minimum Gasteiger partial charge on any atom is -0.394 e. The third-order valence-corrected chi connectivity index (χ3v) is 3.96. The van der Waals surface area contributed by atoms with Crippen LogP contribution in [0.15, 0.2) is 27.9 Å². The van der Waals surface area contributed by atoms with Crippen molar-refractivity contribution >= 4 is 0 Å². The van der Waals surface area contributed by atoms with Crippen LogP contribution >= 0.6 is 0 Å². The molecule has 0 aliphatic carbocycles. The van der Waals surface area contributed by atoms with Crippen LogP contribution < -0.4 is 11.2 Å². The average Bonchev–Trinajstić information content (AvgIpc) is 2.89. The van der Waals surface area contributed by atoms with Crippen molar-refractivity contribution < 1.29 is 14.9 Å². The first-order valence-corrected chi connectivity index (χ1v) is 8.00. The van der Waals surface area contributed by atoms with Crippen LogP contribution in [-0.2, 0) is 11.2 Å². The number of nitrogens with one attached hydrogen (secondary N) is 1. The number of unbranched alkanes of at least 4 members (excludes halogenated alkanes) is 2. The summed E-state index contributed by atoms with van der Waals surface area (Å²) >= 11 is 0. The van der Waals surface area contributed by atoms with Crippen LogP contribution in [0.4, 0.5) is 0 Å². The standard InChI is InChI=1S/C16H24N2O5/c1-2-3-4-5-6-7-11-9-18(16(22)17-15(11)21)14-8-12(20)13(10-19)23-14/h5-6,9,12-14,19-20H,2-4,7-8,10H2,1H3,(H,17,21,22)/b6-5+/t12-,13+,14+/m0/s1. The van der Waals surface area contributed by atoms with Crippen molar-refractivity contribution in [3.63, 3.8) is 0 Å². The second kappa shape index (κ2) is 8.24. The number of aliphatic hydroxyl groups is 2. The number of nitrogens with zero attached hydrogens (tertiary/aromatic N) is 1. The fraction of sp³-hybridized carbons (Fsp3) is 0.625. The zero-order chi connectivity index (χ0) is 16.8. The molecule has 23 heavy (non-hydrogen) atoms. The lowest BCUT2D eigenvalue weighted by Gasteiger charge is -2.15. The summed E-state index contributed by atoms with van der Waals surface area (Å²) in [5, 5.41) is 18.9. The van der Waals surface area contributed by atoms with E-state index in [9.17, 15) is 14.7 Å². The highest BCUT2D eigenvalue weighted by molar-refractivity contribution is 5.10. The summed E-state index contributed by atoms with van der Waals surface area (Å²) in [5.74, 6) is 0. The van der Waals surface area contributed by atoms with Crippen molar-refractivity contribution in [3.05, 3.63) is 44.8 Å². The Labute approximate surface area is 134 Å². The van der Waals surface area contributed by atoms with Crippen LogP contribution in [0.5, 0.6) is 0 Å². The fourth-order valence-corrected chi connectivity index (χ4v) is 2.59. The Kier molecular flexibility index (Phi) is 6.32. The molecular weight excluding hydrogens is 300 g/mol. The first-order chi connectivity index (χ1) is 11.1. The van der Waals surface area contributed by atoms with E-state index in [-0.39, 0.29) is 13.0 Å². The summed E-state index contributed by atoms with van der Waals surface area (Å²) in [4.78, 5) is 26.1. The largest absolute Gasteiger partial charge is 0.394 e. The second-order valence-corrected chi connectivity index (χ2v) is 5.75. The van der Waals surface area contributed by atoms with Gasteiger partial charge in [0.1, 0.15) is 12.3 Å². The Balaban J connectivity index is 2.15. The normalized spacial score (nSPS) is 24.6. The van der Waals surface area contributed by atoms with E-state index in [1.807, 2.05) is 12.2 Å². The van der Waals surface area contributed by atoms with Gasteiger partial charge in [-0.3, -0.25) is 14.3 Å². The number of aliphatic hydroxyl groups excluding tert-OH is 2. The number of aromatic amines is 1. The van der Waals surface area contributed by atoms with Crippen molar-refractivity contribution in [2.45, 2.75) is 57.5 Å². The van der Waals surface area contributed by atoms with Gasteiger partial charge in [-0.15, -0.1) is 0 Å². The van der Waals surface area contributed by atoms with Gasteiger partial charge in [-0.1, -0.05) is 31.9 Å². The summed E-state index contributed by atoms with van der Waals surface area (Å²) in [6.45, 7) is 1.80. The molecule has 1 saturated heterocycles. The van der Waals surface area contributed by atoms with Gasteiger partial charge in [-0.25, -0.2) is 4.79 Å². The molecule has 0 unspecified atom stereocenters. The van der Waals surface area contributed by atoms with Crippen LogP contribution in [0.1, 0.15) is 44.4 Å². The van der Waals surface area contributed by atoms with E-state index in [4.69, 9.17) is 9.84 Å². The van der Waals surface area contributed by atoms with Gasteiger partial charge in [0.25, 0.3) is 5.56 Å². The van der Waals surface area contributed by atoms with Crippen molar-refractivity contribution in [3.8, 4) is 0 Å². The summed E-state index contributed by atoms with van der Waals surface area (Å²) in [6.07, 6.45) is 6.98. The van der Waals surface area contributed by atoms with E-state index in [0.717, 1.165) is 19.3 Å². The quantitative estimate of drug-likeness (QED) is 0.499. The van der Waals surface area contributed by atoms with E-state index < -0.39 is 29.7 Å². The SMILES string of the molecule is CCCC/C=C/Cc1cn([C@H]2C[C@H](O)[C@@H](CO)O2)c(=O)[nH]c1=O. The maximum absolute atomic E-state index is 12.0. The molecule has 7 nitrogen and oxygen atoms in total. The Hall–Kier alpha value is -1.70. The second-order valence-electron chi connectivity index (χ2n) is 5.75. The average molecular weight is 324 g/mol. The van der Waals surface area contributed by atoms with E-state index in [1.54, 1.807) is 0 Å². The molecule has 0 radical (unpaired) electrons. The van der Waals surface area contributed by atoms with Gasteiger partial charge < -0.3 is 14.9 Å². The topological polar surface area (TPSA) is 105 Å². The van der Waals surface area contributed by atoms with Gasteiger partial charge in [0.15, 0.2) is 0 Å². The minimum absolute atomic E-state index is 0.197. The van der Waals surface area contributed by atoms with E-state index in [1.165, 1.54) is 10.8 Å². The van der Waals surface area contributed by atoms with E-state index in [0.29, 0.717) is 12.0 Å². The highest BCUT2D eigenvalue weighted by Crippen LogP contribution is 2.27. The van der Waals surface area contributed by atoms with Gasteiger partial charge in [-0.2, -0.15) is 0 Å². The molecule has 1 aliphatic rings. The van der Waals surface area contributed by atoms with Crippen LogP contribution in [-0.4, -0.2) is 38.6 Å². The molecule has 1 fully saturated rings. The predicted octanol–water partition coefficient (Wildman–Crippen LogP) is 0.466. The molecule has 1 aliphatic heterocycles. The molecule has 3 N–H and O–H groups in total. The van der Waals surface area contributed by atoms with Gasteiger partial charge in [0.05, 0.1) is 12.7 Å². The third-order valence-electron chi connectivity index (χ3n) is 3.96. The van der Waals surface area contributed by atoms with Crippen molar-refractivity contribution in [1.29, 1.82) is 0 Å². The molecule has 3 atom stereocenters. The summed E-state index contributed by atoms with van der Waals surface area (Å²) in [6, 6.07) is 0. The molecule has 1 aromatic rings. The van der Waals surface area contributed by atoms with Crippen molar-refractivity contribution in [2.24, 2.45) is 0 Å². The van der Waals surface area contributed by atoms with Crippen LogP contribution in [0.25, 0.3) is 0 Å². The summed E-state index contributed by atoms with van der Waals surface area (Å²) in [7, 11) is 0. The number of aromatic nitrogens is 2. The number of H-pyrrole nitrogens is 1. The van der Waals surface area contributed by atoms with Gasteiger partial charge in [0.2, 0.25) is 0 Å². The number of ether oxygens (including phenoxy) is 1. The third kappa shape index (κ3) is 4.40. The minimum atomic E-state index is -0.832. The Bertz CT molecular complexity index is 649. The fourth-order valence-electron chi connectivity index (χ4n) is 2.59.